The third kappa shape index (κ3) is 36.4. The lowest BCUT2D eigenvalue weighted by Crippen LogP contribution is -2.24. The number of ether oxygens (including phenoxy) is 6. The van der Waals surface area contributed by atoms with Gasteiger partial charge in [-0.05, 0) is 0 Å². The fourth-order valence-electron chi connectivity index (χ4n) is 1.53. The van der Waals surface area contributed by atoms with E-state index in [4.69, 9.17) is 28.4 Å². The molecule has 0 aromatic rings. The number of hydrogen-bond acceptors (Lipinski definition) is 7. The van der Waals surface area contributed by atoms with Crippen LogP contribution in [0.3, 0.4) is 0 Å². The van der Waals surface area contributed by atoms with Crippen LogP contribution in [0.4, 0.5) is 0 Å². The maximum absolute atomic E-state index is 10.1. The second-order valence-electron chi connectivity index (χ2n) is 4.64. The lowest BCUT2D eigenvalue weighted by atomic mass is 10.2. The summed E-state index contributed by atoms with van der Waals surface area (Å²) in [6.07, 6.45) is 1.26. The highest BCUT2D eigenvalue weighted by molar-refractivity contribution is 5.49. The molecule has 28 heavy (non-hydrogen) atoms. The van der Waals surface area contributed by atoms with Gasteiger partial charge in [0.15, 0.2) is 0 Å². The van der Waals surface area contributed by atoms with Gasteiger partial charge < -0.3 is 33.2 Å². The monoisotopic (exact) mass is 418 g/mol. The molecule has 0 aliphatic rings. The molecule has 0 aromatic heterocycles. The molecule has 0 N–H and O–H groups in total. The van der Waals surface area contributed by atoms with E-state index in [1.54, 1.807) is 14.2 Å². The van der Waals surface area contributed by atoms with Gasteiger partial charge in [0.2, 0.25) is 0 Å². The van der Waals surface area contributed by atoms with Crippen molar-refractivity contribution in [1.82, 2.24) is 0 Å². The third-order valence-corrected chi connectivity index (χ3v) is 2.68. The minimum absolute atomic E-state index is 0. The number of carbonyl (C=O) groups excluding carboxylic acids is 1. The molecule has 0 saturated heterocycles. The van der Waals surface area contributed by atoms with Crippen molar-refractivity contribution < 1.29 is 33.2 Å². The van der Waals surface area contributed by atoms with Crippen LogP contribution in [0.2, 0.25) is 0 Å². The van der Waals surface area contributed by atoms with Crippen molar-refractivity contribution in [3.63, 3.8) is 0 Å². The normalized spacial score (nSPS) is 8.82. The highest BCUT2D eigenvalue weighted by Gasteiger charge is 2.10. The lowest BCUT2D eigenvalue weighted by molar-refractivity contribution is -0.109. The Kier molecular flexibility index (Phi) is 67.1. The van der Waals surface area contributed by atoms with Crippen molar-refractivity contribution in [2.75, 3.05) is 80.3 Å². The van der Waals surface area contributed by atoms with Crippen LogP contribution in [0, 0.1) is 5.92 Å². The van der Waals surface area contributed by atoms with Crippen LogP contribution in [-0.4, -0.2) is 86.6 Å². The SMILES string of the molecule is C.C.C.C.C.C.COCCOCC(COCCOC)COCCOCCC=O. The Hall–Kier alpha value is -0.570. The maximum atomic E-state index is 10.1. The molecular formula is C21H54O7. The zero-order valence-electron chi connectivity index (χ0n) is 13.8. The summed E-state index contributed by atoms with van der Waals surface area (Å²) in [5.74, 6) is 0.156. The van der Waals surface area contributed by atoms with Gasteiger partial charge in [-0.1, -0.05) is 44.6 Å². The zero-order valence-corrected chi connectivity index (χ0v) is 13.8. The summed E-state index contributed by atoms with van der Waals surface area (Å²) < 4.78 is 31.7. The summed E-state index contributed by atoms with van der Waals surface area (Å²) in [4.78, 5) is 10.1. The molecule has 180 valence electrons. The highest BCUT2D eigenvalue weighted by atomic mass is 16.5. The van der Waals surface area contributed by atoms with Crippen LogP contribution < -0.4 is 0 Å². The Labute approximate surface area is 177 Å². The second-order valence-corrected chi connectivity index (χ2v) is 4.64. The first-order valence-electron chi connectivity index (χ1n) is 7.57. The molecule has 0 unspecified atom stereocenters. The Balaban J connectivity index is -0.000000147. The fourth-order valence-corrected chi connectivity index (χ4v) is 1.53. The van der Waals surface area contributed by atoms with Gasteiger partial charge >= 0.3 is 0 Å². The van der Waals surface area contributed by atoms with Crippen LogP contribution in [-0.2, 0) is 33.2 Å². The molecule has 0 amide bonds. The molecule has 0 atom stereocenters. The molecule has 0 aliphatic heterocycles. The van der Waals surface area contributed by atoms with E-state index in [2.05, 4.69) is 0 Å². The standard InChI is InChI=1S/C15H30O7.6CH4/c1-17-6-8-20-12-15(13-21-9-7-18-2)14-22-11-10-19-5-3-4-16;;;;;;/h4,15H,3,5-14H2,1-2H3;6*1H4. The molecule has 0 fully saturated rings. The van der Waals surface area contributed by atoms with Crippen molar-refractivity contribution in [3.05, 3.63) is 0 Å². The van der Waals surface area contributed by atoms with Crippen molar-refractivity contribution in [2.45, 2.75) is 51.0 Å². The second kappa shape index (κ2) is 40.9. The molecule has 7 heteroatoms. The summed E-state index contributed by atoms with van der Waals surface area (Å²) in [6, 6.07) is 0. The van der Waals surface area contributed by atoms with E-state index < -0.39 is 0 Å². The summed E-state index contributed by atoms with van der Waals surface area (Å²) in [5.41, 5.74) is 0. The van der Waals surface area contributed by atoms with Gasteiger partial charge in [-0.3, -0.25) is 0 Å². The van der Waals surface area contributed by atoms with Crippen LogP contribution in [0.5, 0.6) is 0 Å². The minimum atomic E-state index is 0. The predicted octanol–water partition coefficient (Wildman–Crippen LogP) is 4.37. The average molecular weight is 419 g/mol. The molecule has 0 rings (SSSR count). The van der Waals surface area contributed by atoms with E-state index in [9.17, 15) is 4.79 Å². The van der Waals surface area contributed by atoms with Gasteiger partial charge in [-0.25, -0.2) is 0 Å². The van der Waals surface area contributed by atoms with E-state index in [1.807, 2.05) is 0 Å². The lowest BCUT2D eigenvalue weighted by Gasteiger charge is -2.17. The summed E-state index contributed by atoms with van der Waals surface area (Å²) in [7, 11) is 3.28. The van der Waals surface area contributed by atoms with Gasteiger partial charge in [0.25, 0.3) is 0 Å². The Bertz CT molecular complexity index is 217. The van der Waals surface area contributed by atoms with Gasteiger partial charge in [0.1, 0.15) is 6.29 Å². The van der Waals surface area contributed by atoms with E-state index in [-0.39, 0.29) is 50.5 Å². The first-order valence-corrected chi connectivity index (χ1v) is 7.57. The number of rotatable bonds is 18. The van der Waals surface area contributed by atoms with Gasteiger partial charge in [-0.15, -0.1) is 0 Å². The quantitative estimate of drug-likeness (QED) is 0.242. The molecule has 0 radical (unpaired) electrons. The smallest absolute Gasteiger partial charge is 0.122 e. The minimum Gasteiger partial charge on any atom is -0.382 e. The molecule has 0 heterocycles. The molecule has 0 bridgehead atoms. The Morgan fingerprint density at radius 3 is 1.29 bits per heavy atom. The van der Waals surface area contributed by atoms with Crippen LogP contribution >= 0.6 is 0 Å². The van der Waals surface area contributed by atoms with Crippen molar-refractivity contribution >= 4 is 6.29 Å². The Morgan fingerprint density at radius 1 is 0.571 bits per heavy atom. The van der Waals surface area contributed by atoms with E-state index in [0.29, 0.717) is 72.5 Å². The molecule has 0 spiro atoms. The molecule has 0 aromatic carbocycles. The van der Waals surface area contributed by atoms with E-state index in [0.717, 1.165) is 6.29 Å². The predicted molar refractivity (Wildman–Crippen MR) is 122 cm³/mol. The molecule has 7 nitrogen and oxygen atoms in total. The average Bonchev–Trinajstić information content (AvgIpc) is 2.53. The van der Waals surface area contributed by atoms with Gasteiger partial charge in [-0.2, -0.15) is 0 Å². The van der Waals surface area contributed by atoms with Gasteiger partial charge in [0, 0.05) is 26.6 Å². The van der Waals surface area contributed by atoms with E-state index >= 15 is 0 Å². The number of hydrogen-bond donors (Lipinski definition) is 0. The number of carbonyl (C=O) groups is 1. The Morgan fingerprint density at radius 2 is 0.929 bits per heavy atom. The largest absolute Gasteiger partial charge is 0.382 e. The summed E-state index contributed by atoms with van der Waals surface area (Å²) >= 11 is 0. The van der Waals surface area contributed by atoms with Crippen LogP contribution in [0.1, 0.15) is 51.0 Å². The van der Waals surface area contributed by atoms with E-state index in [1.165, 1.54) is 0 Å². The van der Waals surface area contributed by atoms with Crippen LogP contribution in [0.25, 0.3) is 0 Å². The fraction of sp³-hybridized carbons (Fsp3) is 0.952. The first kappa shape index (κ1) is 45.9. The summed E-state index contributed by atoms with van der Waals surface area (Å²) in [6.45, 7) is 5.32. The summed E-state index contributed by atoms with van der Waals surface area (Å²) in [5, 5.41) is 0. The first-order chi connectivity index (χ1) is 10.8. The molecule has 0 aliphatic carbocycles. The molecular weight excluding hydrogens is 364 g/mol. The van der Waals surface area contributed by atoms with Crippen LogP contribution in [0.15, 0.2) is 0 Å². The molecule has 0 saturated carbocycles. The number of methoxy groups -OCH3 is 2. The third-order valence-electron chi connectivity index (χ3n) is 2.68. The zero-order chi connectivity index (χ0) is 16.3. The van der Waals surface area contributed by atoms with Crippen molar-refractivity contribution in [1.29, 1.82) is 0 Å². The van der Waals surface area contributed by atoms with Crippen molar-refractivity contribution in [3.8, 4) is 0 Å². The topological polar surface area (TPSA) is 72.5 Å². The maximum Gasteiger partial charge on any atom is 0.122 e. The van der Waals surface area contributed by atoms with Gasteiger partial charge in [0.05, 0.1) is 66.1 Å². The van der Waals surface area contributed by atoms with Crippen molar-refractivity contribution in [2.24, 2.45) is 5.92 Å². The highest BCUT2D eigenvalue weighted by Crippen LogP contribution is 2.01. The number of aldehydes is 1.